The molecule has 1 aromatic carbocycles. The van der Waals surface area contributed by atoms with E-state index in [0.29, 0.717) is 5.92 Å². The maximum Gasteiger partial charge on any atom is 0.246 e. The molecule has 2 rings (SSSR count). The number of likely N-dealkylation sites (tertiary alicyclic amines) is 1. The Morgan fingerprint density at radius 2 is 2.23 bits per heavy atom. The molecule has 1 amide bonds. The minimum Gasteiger partial charge on any atom is -0.496 e. The van der Waals surface area contributed by atoms with Crippen LogP contribution in [0.3, 0.4) is 0 Å². The smallest absolute Gasteiger partial charge is 0.246 e. The molecule has 0 aromatic heterocycles. The number of carbonyl (C=O) groups is 1. The van der Waals surface area contributed by atoms with Crippen molar-refractivity contribution in [2.24, 2.45) is 5.92 Å². The van der Waals surface area contributed by atoms with Crippen LogP contribution < -0.4 is 10.1 Å². The van der Waals surface area contributed by atoms with E-state index in [1.807, 2.05) is 43.1 Å². The molecule has 0 aliphatic carbocycles. The zero-order valence-corrected chi connectivity index (χ0v) is 13.8. The number of allylic oxidation sites excluding steroid dienone is 1. The van der Waals surface area contributed by atoms with Gasteiger partial charge in [-0.15, -0.1) is 0 Å². The lowest BCUT2D eigenvalue weighted by Crippen LogP contribution is -2.29. The Morgan fingerprint density at radius 3 is 2.95 bits per heavy atom. The Morgan fingerprint density at radius 1 is 1.45 bits per heavy atom. The van der Waals surface area contributed by atoms with Crippen LogP contribution in [0.25, 0.3) is 0 Å². The average Bonchev–Trinajstić information content (AvgIpc) is 2.97. The predicted molar refractivity (Wildman–Crippen MR) is 89.1 cm³/mol. The number of rotatable bonds is 6. The molecule has 1 heterocycles. The summed E-state index contributed by atoms with van der Waals surface area (Å²) in [5.74, 6) is 1.58. The molecule has 4 heteroatoms. The fourth-order valence-corrected chi connectivity index (χ4v) is 2.99. The van der Waals surface area contributed by atoms with Crippen LogP contribution in [-0.4, -0.2) is 44.6 Å². The fourth-order valence-electron chi connectivity index (χ4n) is 2.99. The summed E-state index contributed by atoms with van der Waals surface area (Å²) in [7, 11) is 3.64. The van der Waals surface area contributed by atoms with Crippen LogP contribution in [0, 0.1) is 5.92 Å². The molecule has 0 bridgehead atoms. The largest absolute Gasteiger partial charge is 0.496 e. The van der Waals surface area contributed by atoms with Crippen LogP contribution in [0.2, 0.25) is 0 Å². The third kappa shape index (κ3) is 4.34. The van der Waals surface area contributed by atoms with E-state index in [-0.39, 0.29) is 5.91 Å². The third-order valence-electron chi connectivity index (χ3n) is 4.12. The summed E-state index contributed by atoms with van der Waals surface area (Å²) >= 11 is 0. The fraction of sp³-hybridized carbons (Fsp3) is 0.500. The molecule has 4 nitrogen and oxygen atoms in total. The Labute approximate surface area is 133 Å². The number of carbonyl (C=O) groups excluding carboxylic acids is 1. The molecule has 1 aliphatic heterocycles. The maximum absolute atomic E-state index is 12.3. The summed E-state index contributed by atoms with van der Waals surface area (Å²) in [5, 5.41) is 3.19. The second-order valence-electron chi connectivity index (χ2n) is 5.98. The lowest BCUT2D eigenvalue weighted by atomic mass is 10.0. The highest BCUT2D eigenvalue weighted by Crippen LogP contribution is 2.21. The van der Waals surface area contributed by atoms with Crippen molar-refractivity contribution < 1.29 is 9.53 Å². The van der Waals surface area contributed by atoms with Crippen molar-refractivity contribution in [2.75, 3.05) is 33.8 Å². The quantitative estimate of drug-likeness (QED) is 0.820. The number of benzene rings is 1. The summed E-state index contributed by atoms with van der Waals surface area (Å²) in [6.45, 7) is 4.71. The van der Waals surface area contributed by atoms with Crippen molar-refractivity contribution >= 4 is 5.91 Å². The number of hydrogen-bond acceptors (Lipinski definition) is 3. The van der Waals surface area contributed by atoms with Gasteiger partial charge < -0.3 is 15.0 Å². The number of hydrogen-bond donors (Lipinski definition) is 1. The van der Waals surface area contributed by atoms with Crippen LogP contribution in [0.15, 0.2) is 35.9 Å². The molecule has 1 N–H and O–H groups in total. The van der Waals surface area contributed by atoms with E-state index in [1.165, 1.54) is 0 Å². The van der Waals surface area contributed by atoms with Gasteiger partial charge >= 0.3 is 0 Å². The van der Waals surface area contributed by atoms with Crippen LogP contribution >= 0.6 is 0 Å². The number of para-hydroxylation sites is 1. The van der Waals surface area contributed by atoms with Crippen LogP contribution in [0.1, 0.15) is 18.9 Å². The van der Waals surface area contributed by atoms with E-state index < -0.39 is 0 Å². The van der Waals surface area contributed by atoms with Gasteiger partial charge in [-0.2, -0.15) is 0 Å². The van der Waals surface area contributed by atoms with E-state index in [0.717, 1.165) is 49.4 Å². The Kier molecular flexibility index (Phi) is 6.01. The van der Waals surface area contributed by atoms with E-state index in [1.54, 1.807) is 13.2 Å². The van der Waals surface area contributed by atoms with Crippen LogP contribution in [0.5, 0.6) is 5.75 Å². The first-order valence-electron chi connectivity index (χ1n) is 7.86. The van der Waals surface area contributed by atoms with Gasteiger partial charge in [0.1, 0.15) is 5.75 Å². The molecule has 1 fully saturated rings. The highest BCUT2D eigenvalue weighted by molar-refractivity contribution is 5.88. The average molecular weight is 302 g/mol. The first-order valence-corrected chi connectivity index (χ1v) is 7.86. The van der Waals surface area contributed by atoms with Crippen LogP contribution in [0.4, 0.5) is 0 Å². The summed E-state index contributed by atoms with van der Waals surface area (Å²) in [6, 6.07) is 7.95. The van der Waals surface area contributed by atoms with E-state index in [2.05, 4.69) is 5.32 Å². The van der Waals surface area contributed by atoms with Crippen molar-refractivity contribution in [2.45, 2.75) is 19.8 Å². The number of methoxy groups -OCH3 is 1. The Bertz CT molecular complexity index is 540. The third-order valence-corrected chi connectivity index (χ3v) is 4.12. The minimum atomic E-state index is 0.131. The zero-order chi connectivity index (χ0) is 15.9. The van der Waals surface area contributed by atoms with Gasteiger partial charge in [0.05, 0.1) is 7.11 Å². The molecule has 0 spiro atoms. The molecule has 1 aromatic rings. The first-order chi connectivity index (χ1) is 10.6. The van der Waals surface area contributed by atoms with Gasteiger partial charge in [0, 0.05) is 19.2 Å². The van der Waals surface area contributed by atoms with Crippen molar-refractivity contribution in [1.29, 1.82) is 0 Å². The Hall–Kier alpha value is -1.81. The van der Waals surface area contributed by atoms with Gasteiger partial charge in [0.15, 0.2) is 0 Å². The van der Waals surface area contributed by atoms with E-state index >= 15 is 0 Å². The highest BCUT2D eigenvalue weighted by atomic mass is 16.5. The molecule has 1 saturated heterocycles. The SMILES string of the molecule is CNCC1CCN(C(=O)/C=C(/C)Cc2ccccc2OC)C1. The lowest BCUT2D eigenvalue weighted by molar-refractivity contribution is -0.125. The van der Waals surface area contributed by atoms with Gasteiger partial charge in [0.2, 0.25) is 5.91 Å². The highest BCUT2D eigenvalue weighted by Gasteiger charge is 2.24. The van der Waals surface area contributed by atoms with Gasteiger partial charge in [-0.3, -0.25) is 4.79 Å². The summed E-state index contributed by atoms with van der Waals surface area (Å²) in [6.07, 6.45) is 3.60. The standard InChI is InChI=1S/C18H26N2O2/c1-14(10-16-6-4-5-7-17(16)22-3)11-18(21)20-9-8-15(13-20)12-19-2/h4-7,11,15,19H,8-10,12-13H2,1-3H3/b14-11-. The van der Waals surface area contributed by atoms with Gasteiger partial charge in [-0.1, -0.05) is 23.8 Å². The molecular formula is C18H26N2O2. The predicted octanol–water partition coefficient (Wildman–Crippen LogP) is 2.25. The van der Waals surface area contributed by atoms with E-state index in [9.17, 15) is 4.79 Å². The van der Waals surface area contributed by atoms with Crippen molar-refractivity contribution in [1.82, 2.24) is 10.2 Å². The summed E-state index contributed by atoms with van der Waals surface area (Å²) in [5.41, 5.74) is 2.17. The summed E-state index contributed by atoms with van der Waals surface area (Å²) in [4.78, 5) is 14.3. The monoisotopic (exact) mass is 302 g/mol. The normalized spacial score (nSPS) is 18.6. The molecule has 120 valence electrons. The molecule has 1 aliphatic rings. The molecular weight excluding hydrogens is 276 g/mol. The molecule has 0 radical (unpaired) electrons. The van der Waals surface area contributed by atoms with Gasteiger partial charge in [-0.25, -0.2) is 0 Å². The molecule has 1 unspecified atom stereocenters. The van der Waals surface area contributed by atoms with Gasteiger partial charge in [-0.05, 0) is 50.9 Å². The first kappa shape index (κ1) is 16.6. The van der Waals surface area contributed by atoms with Crippen molar-refractivity contribution in [3.63, 3.8) is 0 Å². The number of nitrogens with zero attached hydrogens (tertiary/aromatic N) is 1. The minimum absolute atomic E-state index is 0.131. The van der Waals surface area contributed by atoms with Gasteiger partial charge in [0.25, 0.3) is 0 Å². The summed E-state index contributed by atoms with van der Waals surface area (Å²) < 4.78 is 5.36. The van der Waals surface area contributed by atoms with E-state index in [4.69, 9.17) is 4.74 Å². The lowest BCUT2D eigenvalue weighted by Gasteiger charge is -2.15. The number of nitrogens with one attached hydrogen (secondary N) is 1. The molecule has 22 heavy (non-hydrogen) atoms. The molecule has 0 saturated carbocycles. The second kappa shape index (κ2) is 7.99. The van der Waals surface area contributed by atoms with Crippen LogP contribution in [-0.2, 0) is 11.2 Å². The zero-order valence-electron chi connectivity index (χ0n) is 13.8. The molecule has 1 atom stereocenters. The number of amides is 1. The second-order valence-corrected chi connectivity index (χ2v) is 5.98. The Balaban J connectivity index is 1.96. The topological polar surface area (TPSA) is 41.6 Å². The van der Waals surface area contributed by atoms with Crippen molar-refractivity contribution in [3.05, 3.63) is 41.5 Å². The number of ether oxygens (including phenoxy) is 1. The van der Waals surface area contributed by atoms with Crippen molar-refractivity contribution in [3.8, 4) is 5.75 Å². The maximum atomic E-state index is 12.3.